The van der Waals surface area contributed by atoms with Crippen LogP contribution in [-0.2, 0) is 9.59 Å². The van der Waals surface area contributed by atoms with Gasteiger partial charge in [0, 0.05) is 32.2 Å². The van der Waals surface area contributed by atoms with Crippen molar-refractivity contribution in [2.75, 3.05) is 47.9 Å². The fourth-order valence-electron chi connectivity index (χ4n) is 2.83. The zero-order valence-corrected chi connectivity index (χ0v) is 15.8. The van der Waals surface area contributed by atoms with Gasteiger partial charge in [-0.1, -0.05) is 17.3 Å². The Kier molecular flexibility index (Phi) is 6.33. The van der Waals surface area contributed by atoms with E-state index < -0.39 is 0 Å². The molecule has 1 aromatic carbocycles. The molecular weight excluding hydrogens is 371 g/mol. The van der Waals surface area contributed by atoms with Gasteiger partial charge in [-0.05, 0) is 19.1 Å². The molecule has 0 radical (unpaired) electrons. The first-order valence-corrected chi connectivity index (χ1v) is 9.76. The summed E-state index contributed by atoms with van der Waals surface area (Å²) >= 11 is 1.25. The third kappa shape index (κ3) is 5.22. The number of anilines is 2. The molecule has 1 aromatic heterocycles. The van der Waals surface area contributed by atoms with E-state index in [0.29, 0.717) is 43.4 Å². The average molecular weight is 392 g/mol. The van der Waals surface area contributed by atoms with Crippen LogP contribution in [0.1, 0.15) is 5.76 Å². The summed E-state index contributed by atoms with van der Waals surface area (Å²) in [4.78, 5) is 27.8. The maximum Gasteiger partial charge on any atom is 0.235 e. The van der Waals surface area contributed by atoms with Crippen LogP contribution in [0.3, 0.4) is 0 Å². The topological polar surface area (TPSA) is 78.7 Å². The zero-order valence-electron chi connectivity index (χ0n) is 15.0. The molecule has 7 nitrogen and oxygen atoms in total. The van der Waals surface area contributed by atoms with Gasteiger partial charge in [0.1, 0.15) is 11.6 Å². The van der Waals surface area contributed by atoms with Crippen LogP contribution in [0.2, 0.25) is 0 Å². The van der Waals surface area contributed by atoms with Crippen molar-refractivity contribution >= 4 is 35.1 Å². The first kappa shape index (κ1) is 19.2. The number of aromatic nitrogens is 1. The Hall–Kier alpha value is -2.55. The Balaban J connectivity index is 1.38. The summed E-state index contributed by atoms with van der Waals surface area (Å²) in [6.45, 7) is 3.99. The summed E-state index contributed by atoms with van der Waals surface area (Å²) in [6, 6.07) is 8.28. The quantitative estimate of drug-likeness (QED) is 0.812. The van der Waals surface area contributed by atoms with Gasteiger partial charge in [0.2, 0.25) is 11.8 Å². The van der Waals surface area contributed by atoms with Crippen molar-refractivity contribution in [2.45, 2.75) is 6.92 Å². The largest absolute Gasteiger partial charge is 0.366 e. The lowest BCUT2D eigenvalue weighted by molar-refractivity contribution is -0.128. The molecule has 1 fully saturated rings. The van der Waals surface area contributed by atoms with Crippen LogP contribution in [0.4, 0.5) is 15.9 Å². The van der Waals surface area contributed by atoms with E-state index in [-0.39, 0.29) is 29.1 Å². The molecule has 0 atom stereocenters. The molecule has 0 aliphatic carbocycles. The maximum absolute atomic E-state index is 13.9. The van der Waals surface area contributed by atoms with E-state index in [1.807, 2.05) is 4.90 Å². The normalized spacial score (nSPS) is 14.3. The standard InChI is InChI=1S/C18H21FN4O3S/c1-13-10-16(21-26-13)20-17(24)11-27-12-18(25)23-8-6-22(7-9-23)15-5-3-2-4-14(15)19/h2-5,10H,6-9,11-12H2,1H3,(H,20,21,24). The number of piperazine rings is 1. The van der Waals surface area contributed by atoms with E-state index in [4.69, 9.17) is 4.52 Å². The first-order valence-electron chi connectivity index (χ1n) is 8.61. The fourth-order valence-corrected chi connectivity index (χ4v) is 3.55. The van der Waals surface area contributed by atoms with E-state index in [1.54, 1.807) is 36.1 Å². The number of hydrogen-bond acceptors (Lipinski definition) is 6. The number of hydrogen-bond donors (Lipinski definition) is 1. The average Bonchev–Trinajstić information content (AvgIpc) is 3.07. The van der Waals surface area contributed by atoms with Crippen LogP contribution >= 0.6 is 11.8 Å². The van der Waals surface area contributed by atoms with Crippen molar-refractivity contribution in [3.63, 3.8) is 0 Å². The predicted octanol–water partition coefficient (Wildman–Crippen LogP) is 2.14. The third-order valence-corrected chi connectivity index (χ3v) is 5.10. The summed E-state index contributed by atoms with van der Waals surface area (Å²) in [5.41, 5.74) is 0.568. The smallest absolute Gasteiger partial charge is 0.235 e. The lowest BCUT2D eigenvalue weighted by Crippen LogP contribution is -2.49. The molecule has 1 aliphatic heterocycles. The molecule has 2 heterocycles. The summed E-state index contributed by atoms with van der Waals surface area (Å²) in [5, 5.41) is 6.30. The van der Waals surface area contributed by atoms with Gasteiger partial charge >= 0.3 is 0 Å². The van der Waals surface area contributed by atoms with E-state index in [9.17, 15) is 14.0 Å². The number of nitrogens with zero attached hydrogens (tertiary/aromatic N) is 3. The number of para-hydroxylation sites is 1. The Morgan fingerprint density at radius 2 is 1.96 bits per heavy atom. The summed E-state index contributed by atoms with van der Waals surface area (Å²) in [6.07, 6.45) is 0. The second kappa shape index (κ2) is 8.90. The SMILES string of the molecule is Cc1cc(NC(=O)CSCC(=O)N2CCN(c3ccccc3F)CC2)no1. The first-order chi connectivity index (χ1) is 13.0. The third-order valence-electron chi connectivity index (χ3n) is 4.18. The van der Waals surface area contributed by atoms with Gasteiger partial charge in [-0.15, -0.1) is 11.8 Å². The Morgan fingerprint density at radius 1 is 1.22 bits per heavy atom. The lowest BCUT2D eigenvalue weighted by Gasteiger charge is -2.36. The summed E-state index contributed by atoms with van der Waals surface area (Å²) in [5.74, 6) is 0.874. The van der Waals surface area contributed by atoms with E-state index >= 15 is 0 Å². The van der Waals surface area contributed by atoms with Crippen molar-refractivity contribution in [3.05, 3.63) is 41.9 Å². The van der Waals surface area contributed by atoms with Crippen molar-refractivity contribution < 1.29 is 18.5 Å². The molecule has 144 valence electrons. The molecule has 0 spiro atoms. The van der Waals surface area contributed by atoms with Crippen LogP contribution in [0.25, 0.3) is 0 Å². The molecule has 2 aromatic rings. The molecule has 9 heteroatoms. The van der Waals surface area contributed by atoms with Crippen molar-refractivity contribution in [2.24, 2.45) is 0 Å². The Labute approximate surface area is 160 Å². The number of aryl methyl sites for hydroxylation is 1. The minimum atomic E-state index is -0.249. The second-order valence-corrected chi connectivity index (χ2v) is 7.17. The summed E-state index contributed by atoms with van der Waals surface area (Å²) < 4.78 is 18.7. The highest BCUT2D eigenvalue weighted by molar-refractivity contribution is 8.00. The number of halogens is 1. The molecule has 0 saturated carbocycles. The number of carbonyl (C=O) groups excluding carboxylic acids is 2. The highest BCUT2D eigenvalue weighted by Crippen LogP contribution is 2.20. The van der Waals surface area contributed by atoms with Crippen LogP contribution in [0.5, 0.6) is 0 Å². The molecule has 1 N–H and O–H groups in total. The van der Waals surface area contributed by atoms with Crippen LogP contribution in [-0.4, -0.2) is 59.6 Å². The minimum Gasteiger partial charge on any atom is -0.366 e. The zero-order chi connectivity index (χ0) is 19.2. The van der Waals surface area contributed by atoms with Gasteiger partial charge in [0.25, 0.3) is 0 Å². The maximum atomic E-state index is 13.9. The highest BCUT2D eigenvalue weighted by Gasteiger charge is 2.22. The number of rotatable bonds is 6. The van der Waals surface area contributed by atoms with Gasteiger partial charge in [-0.2, -0.15) is 0 Å². The van der Waals surface area contributed by atoms with Crippen LogP contribution in [0.15, 0.2) is 34.9 Å². The number of nitrogens with one attached hydrogen (secondary N) is 1. The fraction of sp³-hybridized carbons (Fsp3) is 0.389. The molecule has 1 saturated heterocycles. The number of thioether (sulfide) groups is 1. The number of benzene rings is 1. The van der Waals surface area contributed by atoms with Gasteiger partial charge < -0.3 is 19.6 Å². The molecule has 1 aliphatic rings. The Morgan fingerprint density at radius 3 is 2.63 bits per heavy atom. The monoisotopic (exact) mass is 392 g/mol. The molecule has 0 bridgehead atoms. The predicted molar refractivity (Wildman–Crippen MR) is 102 cm³/mol. The molecule has 0 unspecified atom stereocenters. The van der Waals surface area contributed by atoms with Crippen molar-refractivity contribution in [3.8, 4) is 0 Å². The number of amides is 2. The van der Waals surface area contributed by atoms with Crippen LogP contribution in [0, 0.1) is 12.7 Å². The molecular formula is C18H21FN4O3S. The molecule has 27 heavy (non-hydrogen) atoms. The van der Waals surface area contributed by atoms with Gasteiger partial charge in [0.05, 0.1) is 17.2 Å². The van der Waals surface area contributed by atoms with Gasteiger partial charge in [0.15, 0.2) is 5.82 Å². The molecule has 2 amide bonds. The number of carbonyl (C=O) groups is 2. The van der Waals surface area contributed by atoms with E-state index in [1.165, 1.54) is 17.8 Å². The Bertz CT molecular complexity index is 805. The van der Waals surface area contributed by atoms with Gasteiger partial charge in [-0.25, -0.2) is 4.39 Å². The molecule has 3 rings (SSSR count). The minimum absolute atomic E-state index is 0.0155. The highest BCUT2D eigenvalue weighted by atomic mass is 32.2. The van der Waals surface area contributed by atoms with E-state index in [2.05, 4.69) is 10.5 Å². The van der Waals surface area contributed by atoms with Crippen molar-refractivity contribution in [1.29, 1.82) is 0 Å². The second-order valence-electron chi connectivity index (χ2n) is 6.18. The van der Waals surface area contributed by atoms with E-state index in [0.717, 1.165) is 0 Å². The van der Waals surface area contributed by atoms with Crippen LogP contribution < -0.4 is 10.2 Å². The lowest BCUT2D eigenvalue weighted by atomic mass is 10.2. The summed E-state index contributed by atoms with van der Waals surface area (Å²) in [7, 11) is 0. The van der Waals surface area contributed by atoms with Crippen molar-refractivity contribution in [1.82, 2.24) is 10.1 Å². The van der Waals surface area contributed by atoms with Gasteiger partial charge in [-0.3, -0.25) is 9.59 Å².